The van der Waals surface area contributed by atoms with E-state index in [0.717, 1.165) is 31.6 Å². The van der Waals surface area contributed by atoms with E-state index in [1.807, 2.05) is 42.5 Å². The Kier molecular flexibility index (Phi) is 5.89. The predicted octanol–water partition coefficient (Wildman–Crippen LogP) is 3.85. The Hall–Kier alpha value is -2.82. The van der Waals surface area contributed by atoms with Crippen LogP contribution in [0.2, 0.25) is 0 Å². The zero-order valence-corrected chi connectivity index (χ0v) is 15.0. The monoisotopic (exact) mass is 352 g/mol. The Labute approximate surface area is 154 Å². The molecule has 0 spiro atoms. The van der Waals surface area contributed by atoms with E-state index in [4.69, 9.17) is 4.74 Å². The molecule has 1 aliphatic rings. The number of hydrogen-bond acceptors (Lipinski definition) is 4. The summed E-state index contributed by atoms with van der Waals surface area (Å²) >= 11 is 0. The van der Waals surface area contributed by atoms with Gasteiger partial charge in [-0.25, -0.2) is 4.79 Å². The summed E-state index contributed by atoms with van der Waals surface area (Å²) in [6.07, 6.45) is 2.15. The fourth-order valence-electron chi connectivity index (χ4n) is 3.16. The van der Waals surface area contributed by atoms with Gasteiger partial charge in [0.25, 0.3) is 5.91 Å². The van der Waals surface area contributed by atoms with Crippen molar-refractivity contribution in [3.8, 4) is 0 Å². The number of ether oxygens (including phenoxy) is 1. The maximum Gasteiger partial charge on any atom is 0.340 e. The third kappa shape index (κ3) is 4.63. The number of likely N-dealkylation sites (tertiary alicyclic amines) is 1. The minimum Gasteiger partial charge on any atom is -0.452 e. The van der Waals surface area contributed by atoms with Gasteiger partial charge in [0.1, 0.15) is 0 Å². The Bertz CT molecular complexity index is 761. The number of nitrogens with one attached hydrogen (secondary N) is 1. The summed E-state index contributed by atoms with van der Waals surface area (Å²) in [5, 5.41) is 3.21. The lowest BCUT2D eigenvalue weighted by molar-refractivity contribution is -0.136. The van der Waals surface area contributed by atoms with Gasteiger partial charge in [-0.2, -0.15) is 0 Å². The molecule has 2 aromatic carbocycles. The maximum atomic E-state index is 12.5. The number of amides is 1. The summed E-state index contributed by atoms with van der Waals surface area (Å²) in [6, 6.07) is 16.7. The van der Waals surface area contributed by atoms with Crippen molar-refractivity contribution in [2.24, 2.45) is 5.92 Å². The molecule has 0 saturated carbocycles. The van der Waals surface area contributed by atoms with Gasteiger partial charge in [-0.05, 0) is 43.0 Å². The van der Waals surface area contributed by atoms with Crippen LogP contribution in [0.3, 0.4) is 0 Å². The number of para-hydroxylation sites is 2. The van der Waals surface area contributed by atoms with E-state index in [1.165, 1.54) is 0 Å². The third-order valence-corrected chi connectivity index (χ3v) is 4.54. The first-order valence-electron chi connectivity index (χ1n) is 8.99. The summed E-state index contributed by atoms with van der Waals surface area (Å²) in [5.74, 6) is -0.125. The topological polar surface area (TPSA) is 58.6 Å². The van der Waals surface area contributed by atoms with Crippen LogP contribution in [0.25, 0.3) is 0 Å². The second-order valence-electron chi connectivity index (χ2n) is 6.70. The highest BCUT2D eigenvalue weighted by Gasteiger charge is 2.22. The molecule has 26 heavy (non-hydrogen) atoms. The molecule has 5 heteroatoms. The van der Waals surface area contributed by atoms with Crippen LogP contribution < -0.4 is 5.32 Å². The van der Waals surface area contributed by atoms with Crippen molar-refractivity contribution in [1.82, 2.24) is 4.90 Å². The Morgan fingerprint density at radius 2 is 1.85 bits per heavy atom. The SMILES string of the molecule is C[C@H]1CCCN(C(=O)COC(=O)c2ccccc2Nc2ccccc2)C1. The van der Waals surface area contributed by atoms with E-state index >= 15 is 0 Å². The minimum absolute atomic E-state index is 0.126. The van der Waals surface area contributed by atoms with Crippen molar-refractivity contribution in [3.05, 3.63) is 60.2 Å². The average Bonchev–Trinajstić information content (AvgIpc) is 2.67. The smallest absolute Gasteiger partial charge is 0.340 e. The number of esters is 1. The van der Waals surface area contributed by atoms with Crippen LogP contribution in [-0.4, -0.2) is 36.5 Å². The van der Waals surface area contributed by atoms with Gasteiger partial charge in [-0.1, -0.05) is 37.3 Å². The van der Waals surface area contributed by atoms with E-state index < -0.39 is 5.97 Å². The molecule has 2 aromatic rings. The van der Waals surface area contributed by atoms with Crippen LogP contribution in [0.1, 0.15) is 30.1 Å². The van der Waals surface area contributed by atoms with Gasteiger partial charge in [-0.15, -0.1) is 0 Å². The zero-order valence-electron chi connectivity index (χ0n) is 15.0. The molecule has 136 valence electrons. The molecule has 1 aliphatic heterocycles. The molecular formula is C21H24N2O3. The van der Waals surface area contributed by atoms with Gasteiger partial charge < -0.3 is 15.0 Å². The lowest BCUT2D eigenvalue weighted by atomic mass is 10.0. The highest BCUT2D eigenvalue weighted by Crippen LogP contribution is 2.21. The summed E-state index contributed by atoms with van der Waals surface area (Å²) in [7, 11) is 0. The predicted molar refractivity (Wildman–Crippen MR) is 101 cm³/mol. The van der Waals surface area contributed by atoms with E-state index in [0.29, 0.717) is 17.2 Å². The van der Waals surface area contributed by atoms with Crippen molar-refractivity contribution in [3.63, 3.8) is 0 Å². The van der Waals surface area contributed by atoms with Gasteiger partial charge in [0.2, 0.25) is 0 Å². The molecule has 3 rings (SSSR count). The molecule has 1 saturated heterocycles. The highest BCUT2D eigenvalue weighted by atomic mass is 16.5. The van der Waals surface area contributed by atoms with E-state index in [2.05, 4.69) is 12.2 Å². The van der Waals surface area contributed by atoms with Gasteiger partial charge in [-0.3, -0.25) is 4.79 Å². The minimum atomic E-state index is -0.498. The van der Waals surface area contributed by atoms with Crippen LogP contribution >= 0.6 is 0 Å². The first-order valence-corrected chi connectivity index (χ1v) is 8.99. The van der Waals surface area contributed by atoms with Crippen LogP contribution in [0, 0.1) is 5.92 Å². The quantitative estimate of drug-likeness (QED) is 0.831. The zero-order chi connectivity index (χ0) is 18.4. The van der Waals surface area contributed by atoms with Crippen molar-refractivity contribution < 1.29 is 14.3 Å². The van der Waals surface area contributed by atoms with Crippen molar-refractivity contribution in [2.45, 2.75) is 19.8 Å². The lowest BCUT2D eigenvalue weighted by Gasteiger charge is -2.30. The van der Waals surface area contributed by atoms with Crippen molar-refractivity contribution >= 4 is 23.3 Å². The summed E-state index contributed by atoms with van der Waals surface area (Å²) < 4.78 is 5.29. The Morgan fingerprint density at radius 3 is 2.62 bits per heavy atom. The van der Waals surface area contributed by atoms with Crippen LogP contribution in [0.15, 0.2) is 54.6 Å². The van der Waals surface area contributed by atoms with E-state index in [1.54, 1.807) is 17.0 Å². The summed E-state index contributed by atoms with van der Waals surface area (Å²) in [5.41, 5.74) is 1.95. The second-order valence-corrected chi connectivity index (χ2v) is 6.70. The number of benzene rings is 2. The van der Waals surface area contributed by atoms with Crippen LogP contribution in [0.4, 0.5) is 11.4 Å². The van der Waals surface area contributed by atoms with Gasteiger partial charge in [0.05, 0.1) is 11.3 Å². The number of rotatable bonds is 5. The molecule has 1 fully saturated rings. The number of carbonyl (C=O) groups excluding carboxylic acids is 2. The standard InChI is InChI=1S/C21H24N2O3/c1-16-8-7-13-23(14-16)20(24)15-26-21(25)18-11-5-6-12-19(18)22-17-9-3-2-4-10-17/h2-6,9-12,16,22H,7-8,13-15H2,1H3/t16-/m0/s1. The van der Waals surface area contributed by atoms with Crippen LogP contribution in [-0.2, 0) is 9.53 Å². The van der Waals surface area contributed by atoms with Gasteiger partial charge >= 0.3 is 5.97 Å². The molecular weight excluding hydrogens is 328 g/mol. The summed E-state index contributed by atoms with van der Waals surface area (Å²) in [6.45, 7) is 3.40. The molecule has 1 amide bonds. The number of nitrogens with zero attached hydrogens (tertiary/aromatic N) is 1. The lowest BCUT2D eigenvalue weighted by Crippen LogP contribution is -2.41. The maximum absolute atomic E-state index is 12.5. The Morgan fingerprint density at radius 1 is 1.12 bits per heavy atom. The number of hydrogen-bond donors (Lipinski definition) is 1. The summed E-state index contributed by atoms with van der Waals surface area (Å²) in [4.78, 5) is 26.6. The molecule has 1 N–H and O–H groups in total. The molecule has 0 unspecified atom stereocenters. The van der Waals surface area contributed by atoms with Gasteiger partial charge in [0.15, 0.2) is 6.61 Å². The highest BCUT2D eigenvalue weighted by molar-refractivity contribution is 5.97. The van der Waals surface area contributed by atoms with Crippen LogP contribution in [0.5, 0.6) is 0 Å². The molecule has 1 heterocycles. The fourth-order valence-corrected chi connectivity index (χ4v) is 3.16. The van der Waals surface area contributed by atoms with E-state index in [9.17, 15) is 9.59 Å². The third-order valence-electron chi connectivity index (χ3n) is 4.54. The number of anilines is 2. The molecule has 5 nitrogen and oxygen atoms in total. The number of piperidine rings is 1. The largest absolute Gasteiger partial charge is 0.452 e. The van der Waals surface area contributed by atoms with Gasteiger partial charge in [0, 0.05) is 18.8 Å². The molecule has 0 radical (unpaired) electrons. The Balaban J connectivity index is 1.62. The number of carbonyl (C=O) groups is 2. The fraction of sp³-hybridized carbons (Fsp3) is 0.333. The molecule has 0 aliphatic carbocycles. The molecule has 1 atom stereocenters. The first-order chi connectivity index (χ1) is 12.6. The first kappa shape index (κ1) is 18.0. The normalized spacial score (nSPS) is 16.8. The van der Waals surface area contributed by atoms with Crippen molar-refractivity contribution in [1.29, 1.82) is 0 Å². The van der Waals surface area contributed by atoms with E-state index in [-0.39, 0.29) is 12.5 Å². The molecule has 0 aromatic heterocycles. The average molecular weight is 352 g/mol. The second kappa shape index (κ2) is 8.52. The molecule has 0 bridgehead atoms. The van der Waals surface area contributed by atoms with Crippen molar-refractivity contribution in [2.75, 3.05) is 25.0 Å².